The van der Waals surface area contributed by atoms with Crippen molar-refractivity contribution in [1.29, 1.82) is 0 Å². The van der Waals surface area contributed by atoms with E-state index < -0.39 is 31.6 Å². The molecule has 1 unspecified atom stereocenters. The summed E-state index contributed by atoms with van der Waals surface area (Å²) >= 11 is 0. The van der Waals surface area contributed by atoms with Crippen LogP contribution in [0.15, 0.2) is 115 Å². The Morgan fingerprint density at radius 1 is 0.791 bits per heavy atom. The molecule has 1 amide bonds. The fraction of sp³-hybridized carbons (Fsp3) is 0.235. The first-order valence-corrected chi connectivity index (χ1v) is 16.0. The van der Waals surface area contributed by atoms with Crippen molar-refractivity contribution in [3.05, 3.63) is 132 Å². The molecule has 4 aromatic rings. The summed E-state index contributed by atoms with van der Waals surface area (Å²) in [5.41, 5.74) is 2.85. The highest BCUT2D eigenvalue weighted by molar-refractivity contribution is 7.55. The van der Waals surface area contributed by atoms with E-state index in [0.29, 0.717) is 37.4 Å². The number of amides is 1. The maximum Gasteiger partial charge on any atom is 0.448 e. The molecule has 9 heteroatoms. The number of para-hydroxylation sites is 2. The van der Waals surface area contributed by atoms with Crippen molar-refractivity contribution in [2.75, 3.05) is 13.1 Å². The summed E-state index contributed by atoms with van der Waals surface area (Å²) in [5.74, 6) is -0.900. The van der Waals surface area contributed by atoms with Gasteiger partial charge in [-0.2, -0.15) is 0 Å². The molecule has 8 nitrogen and oxygen atoms in total. The Labute approximate surface area is 251 Å². The van der Waals surface area contributed by atoms with Crippen molar-refractivity contribution in [2.45, 2.75) is 31.4 Å². The van der Waals surface area contributed by atoms with E-state index in [4.69, 9.17) is 13.8 Å². The van der Waals surface area contributed by atoms with Gasteiger partial charge in [-0.25, -0.2) is 9.36 Å². The summed E-state index contributed by atoms with van der Waals surface area (Å²) in [4.78, 5) is 29.9. The van der Waals surface area contributed by atoms with Crippen molar-refractivity contribution in [2.24, 2.45) is 5.92 Å². The molecule has 2 aliphatic heterocycles. The number of benzene rings is 4. The minimum atomic E-state index is -4.12. The Morgan fingerprint density at radius 2 is 1.37 bits per heavy atom. The number of fused-ring (bicyclic) bond motifs is 1. The van der Waals surface area contributed by atoms with E-state index in [1.807, 2.05) is 71.6 Å². The Balaban J connectivity index is 1.40. The number of ether oxygens (including phenoxy) is 1. The highest BCUT2D eigenvalue weighted by atomic mass is 31.2. The highest BCUT2D eigenvalue weighted by Gasteiger charge is 2.55. The number of hydrogen-bond donors (Lipinski definition) is 0. The zero-order valence-electron chi connectivity index (χ0n) is 23.6. The Morgan fingerprint density at radius 3 is 2.00 bits per heavy atom. The van der Waals surface area contributed by atoms with Gasteiger partial charge in [0.2, 0.25) is 0 Å². The van der Waals surface area contributed by atoms with Crippen LogP contribution in [0, 0.1) is 5.92 Å². The van der Waals surface area contributed by atoms with Crippen molar-refractivity contribution < 1.29 is 27.9 Å². The zero-order valence-corrected chi connectivity index (χ0v) is 24.5. The number of likely N-dealkylation sites (tertiary alicyclic amines) is 1. The summed E-state index contributed by atoms with van der Waals surface area (Å²) in [6, 6.07) is 35.1. The second-order valence-electron chi connectivity index (χ2n) is 10.6. The third kappa shape index (κ3) is 6.21. The van der Waals surface area contributed by atoms with Crippen LogP contribution in [0.1, 0.15) is 29.3 Å². The molecule has 1 fully saturated rings. The molecule has 43 heavy (non-hydrogen) atoms. The van der Waals surface area contributed by atoms with Gasteiger partial charge in [-0.1, -0.05) is 91.0 Å². The van der Waals surface area contributed by atoms with Gasteiger partial charge in [0.05, 0.1) is 0 Å². The maximum atomic E-state index is 15.1. The van der Waals surface area contributed by atoms with Crippen LogP contribution in [-0.2, 0) is 27.1 Å². The number of carbonyl (C=O) groups excluding carboxylic acids is 2. The highest BCUT2D eigenvalue weighted by Crippen LogP contribution is 2.60. The molecule has 0 bridgehead atoms. The van der Waals surface area contributed by atoms with Crippen LogP contribution in [0.2, 0.25) is 0 Å². The van der Waals surface area contributed by atoms with E-state index in [-0.39, 0.29) is 6.61 Å². The lowest BCUT2D eigenvalue weighted by Gasteiger charge is -2.44. The summed E-state index contributed by atoms with van der Waals surface area (Å²) in [6.07, 6.45) is 0.767. The standard InChI is InChI=1S/C34H33N2O6P/c37-24-28-21-22-35(33(28)43(39,41-29-15-6-2-7-16-29)42-30-17-8-3-9-18-30)32-31-19-11-10-14-27(31)20-23-36(32)34(38)40-25-26-12-4-1-5-13-26/h1-19,24,28,32-33H,20-23,25H2/t28?,32-,33+/m1/s1. The van der Waals surface area contributed by atoms with Crippen molar-refractivity contribution in [3.63, 3.8) is 0 Å². The third-order valence-electron chi connectivity index (χ3n) is 7.90. The smallest absolute Gasteiger partial charge is 0.444 e. The topological polar surface area (TPSA) is 85.4 Å². The Kier molecular flexibility index (Phi) is 8.59. The molecule has 4 aromatic carbocycles. The number of rotatable bonds is 9. The first-order chi connectivity index (χ1) is 21.1. The Hall–Kier alpha value is -4.39. The van der Waals surface area contributed by atoms with E-state index in [9.17, 15) is 9.59 Å². The molecule has 0 radical (unpaired) electrons. The molecule has 6 rings (SSSR count). The van der Waals surface area contributed by atoms with E-state index >= 15 is 4.57 Å². The third-order valence-corrected chi connectivity index (χ3v) is 10.2. The van der Waals surface area contributed by atoms with Crippen molar-refractivity contribution >= 4 is 20.0 Å². The normalized spacial score (nSPS) is 20.2. The van der Waals surface area contributed by atoms with Gasteiger partial charge in [0.1, 0.15) is 36.3 Å². The SMILES string of the molecule is O=CC1CCN([C@H]2c3ccccc3CCN2C(=O)OCc2ccccc2)[C@H]1P(=O)(Oc1ccccc1)Oc1ccccc1. The number of hydrogen-bond acceptors (Lipinski definition) is 7. The van der Waals surface area contributed by atoms with Gasteiger partial charge in [0.25, 0.3) is 0 Å². The number of nitrogens with zero attached hydrogens (tertiary/aromatic N) is 2. The molecule has 0 saturated carbocycles. The van der Waals surface area contributed by atoms with Gasteiger partial charge in [-0.05, 0) is 53.8 Å². The van der Waals surface area contributed by atoms with E-state index in [1.165, 1.54) is 0 Å². The molecule has 1 saturated heterocycles. The monoisotopic (exact) mass is 596 g/mol. The first-order valence-electron chi connectivity index (χ1n) is 14.4. The Bertz CT molecular complexity index is 1540. The first kappa shape index (κ1) is 28.7. The molecule has 2 heterocycles. The average molecular weight is 597 g/mol. The molecular weight excluding hydrogens is 563 g/mol. The maximum absolute atomic E-state index is 15.1. The number of carbonyl (C=O) groups is 2. The van der Waals surface area contributed by atoms with Crippen molar-refractivity contribution in [3.8, 4) is 11.5 Å². The molecule has 220 valence electrons. The fourth-order valence-corrected chi connectivity index (χ4v) is 8.30. The zero-order chi connectivity index (χ0) is 29.6. The van der Waals surface area contributed by atoms with Gasteiger partial charge in [0, 0.05) is 19.0 Å². The molecule has 0 spiro atoms. The van der Waals surface area contributed by atoms with Crippen LogP contribution in [0.5, 0.6) is 11.5 Å². The van der Waals surface area contributed by atoms with Crippen LogP contribution in [-0.4, -0.2) is 41.1 Å². The van der Waals surface area contributed by atoms with Gasteiger partial charge < -0.3 is 18.6 Å². The summed E-state index contributed by atoms with van der Waals surface area (Å²) in [7, 11) is -4.12. The second kappa shape index (κ2) is 12.9. The van der Waals surface area contributed by atoms with Crippen LogP contribution in [0.4, 0.5) is 4.79 Å². The van der Waals surface area contributed by atoms with Gasteiger partial charge in [-0.15, -0.1) is 0 Å². The largest absolute Gasteiger partial charge is 0.448 e. The summed E-state index contributed by atoms with van der Waals surface area (Å²) in [6.45, 7) is 0.918. The van der Waals surface area contributed by atoms with Crippen LogP contribution < -0.4 is 9.05 Å². The lowest BCUT2D eigenvalue weighted by molar-refractivity contribution is -0.111. The second-order valence-corrected chi connectivity index (χ2v) is 12.6. The van der Waals surface area contributed by atoms with Crippen LogP contribution >= 0.6 is 7.60 Å². The molecule has 0 aromatic heterocycles. The predicted octanol–water partition coefficient (Wildman–Crippen LogP) is 7.08. The van der Waals surface area contributed by atoms with Crippen molar-refractivity contribution in [1.82, 2.24) is 9.80 Å². The van der Waals surface area contributed by atoms with Gasteiger partial charge >= 0.3 is 13.7 Å². The molecule has 2 aliphatic rings. The fourth-order valence-electron chi connectivity index (χ4n) is 5.93. The molecule has 3 atom stereocenters. The van der Waals surface area contributed by atoms with E-state index in [1.54, 1.807) is 53.4 Å². The summed E-state index contributed by atoms with van der Waals surface area (Å²) < 4.78 is 33.4. The van der Waals surface area contributed by atoms with Crippen LogP contribution in [0.3, 0.4) is 0 Å². The average Bonchev–Trinajstić information content (AvgIpc) is 3.49. The van der Waals surface area contributed by atoms with E-state index in [2.05, 4.69) is 0 Å². The van der Waals surface area contributed by atoms with Gasteiger partial charge in [-0.3, -0.25) is 9.80 Å². The molecule has 0 aliphatic carbocycles. The van der Waals surface area contributed by atoms with E-state index in [0.717, 1.165) is 23.0 Å². The molecular formula is C34H33N2O6P. The number of aldehydes is 1. The quantitative estimate of drug-likeness (QED) is 0.151. The molecule has 0 N–H and O–H groups in total. The van der Waals surface area contributed by atoms with Gasteiger partial charge in [0.15, 0.2) is 0 Å². The lowest BCUT2D eigenvalue weighted by Crippen LogP contribution is -2.51. The predicted molar refractivity (Wildman–Crippen MR) is 163 cm³/mol. The minimum absolute atomic E-state index is 0.123. The van der Waals surface area contributed by atoms with Crippen LogP contribution in [0.25, 0.3) is 0 Å². The lowest BCUT2D eigenvalue weighted by atomic mass is 9.96. The summed E-state index contributed by atoms with van der Waals surface area (Å²) in [5, 5.41) is 0. The minimum Gasteiger partial charge on any atom is -0.444 e.